The van der Waals surface area contributed by atoms with E-state index in [1.807, 2.05) is 0 Å². The van der Waals surface area contributed by atoms with Gasteiger partial charge in [-0.3, -0.25) is 0 Å². The van der Waals surface area contributed by atoms with Crippen molar-refractivity contribution in [2.75, 3.05) is 0 Å². The molecule has 17 heavy (non-hydrogen) atoms. The maximum Gasteiger partial charge on any atom is 0.0653 e. The Morgan fingerprint density at radius 3 is 2.59 bits per heavy atom. The van der Waals surface area contributed by atoms with Crippen molar-refractivity contribution in [2.24, 2.45) is 17.8 Å². The van der Waals surface area contributed by atoms with Gasteiger partial charge in [0.1, 0.15) is 0 Å². The van der Waals surface area contributed by atoms with Crippen LogP contribution in [0.3, 0.4) is 0 Å². The summed E-state index contributed by atoms with van der Waals surface area (Å²) in [6.45, 7) is 9.14. The summed E-state index contributed by atoms with van der Waals surface area (Å²) in [4.78, 5) is 0. The van der Waals surface area contributed by atoms with Gasteiger partial charge in [-0.25, -0.2) is 0 Å². The first kappa shape index (κ1) is 15.0. The van der Waals surface area contributed by atoms with Crippen LogP contribution < -0.4 is 0 Å². The van der Waals surface area contributed by atoms with Crippen LogP contribution in [0, 0.1) is 17.8 Å². The molecule has 0 aromatic carbocycles. The molecular weight excluding hydrogens is 208 g/mol. The molecule has 1 aliphatic carbocycles. The highest BCUT2D eigenvalue weighted by atomic mass is 16.3. The van der Waals surface area contributed by atoms with Gasteiger partial charge in [0, 0.05) is 0 Å². The van der Waals surface area contributed by atoms with Crippen LogP contribution in [-0.2, 0) is 0 Å². The molecule has 0 radical (unpaired) electrons. The lowest BCUT2D eigenvalue weighted by Crippen LogP contribution is -2.37. The van der Waals surface area contributed by atoms with E-state index in [-0.39, 0.29) is 5.60 Å². The van der Waals surface area contributed by atoms with E-state index in [9.17, 15) is 5.11 Å². The van der Waals surface area contributed by atoms with Gasteiger partial charge < -0.3 is 5.11 Å². The summed E-state index contributed by atoms with van der Waals surface area (Å²) in [5.41, 5.74) is -0.341. The Hall–Kier alpha value is -0.0400. The Morgan fingerprint density at radius 1 is 1.29 bits per heavy atom. The third-order valence-corrected chi connectivity index (χ3v) is 4.24. The molecule has 1 N–H and O–H groups in total. The van der Waals surface area contributed by atoms with Crippen LogP contribution in [0.5, 0.6) is 0 Å². The molecule has 0 aliphatic heterocycles. The predicted octanol–water partition coefficient (Wildman–Crippen LogP) is 4.78. The highest BCUT2D eigenvalue weighted by Gasteiger charge is 2.35. The van der Waals surface area contributed by atoms with Crippen LogP contribution in [0.25, 0.3) is 0 Å². The van der Waals surface area contributed by atoms with Crippen LogP contribution >= 0.6 is 0 Å². The summed E-state index contributed by atoms with van der Waals surface area (Å²) < 4.78 is 0. The Balaban J connectivity index is 2.45. The van der Waals surface area contributed by atoms with E-state index in [1.54, 1.807) is 0 Å². The minimum Gasteiger partial charge on any atom is -0.390 e. The van der Waals surface area contributed by atoms with Crippen LogP contribution in [-0.4, -0.2) is 10.7 Å². The minimum atomic E-state index is -0.341. The number of hydrogen-bond donors (Lipinski definition) is 1. The second kappa shape index (κ2) is 6.78. The van der Waals surface area contributed by atoms with Crippen LogP contribution in [0.4, 0.5) is 0 Å². The molecule has 0 aromatic heterocycles. The van der Waals surface area contributed by atoms with Crippen molar-refractivity contribution in [3.8, 4) is 0 Å². The molecule has 1 saturated carbocycles. The summed E-state index contributed by atoms with van der Waals surface area (Å²) in [6, 6.07) is 0. The molecule has 0 saturated heterocycles. The third-order valence-electron chi connectivity index (χ3n) is 4.24. The van der Waals surface area contributed by atoms with E-state index in [4.69, 9.17) is 0 Å². The summed E-state index contributed by atoms with van der Waals surface area (Å²) in [5.74, 6) is 2.22. The third kappa shape index (κ3) is 5.42. The molecule has 102 valence electrons. The van der Waals surface area contributed by atoms with Gasteiger partial charge in [-0.15, -0.1) is 0 Å². The normalized spacial score (nSPS) is 31.8. The summed E-state index contributed by atoms with van der Waals surface area (Å²) >= 11 is 0. The molecule has 0 amide bonds. The zero-order valence-corrected chi connectivity index (χ0v) is 12.3. The highest BCUT2D eigenvalue weighted by molar-refractivity contribution is 4.87. The maximum atomic E-state index is 10.8. The fourth-order valence-corrected chi connectivity index (χ4v) is 3.76. The van der Waals surface area contributed by atoms with Crippen molar-refractivity contribution in [1.29, 1.82) is 0 Å². The number of aliphatic hydroxyl groups is 1. The zero-order chi connectivity index (χ0) is 12.9. The van der Waals surface area contributed by atoms with Crippen molar-refractivity contribution in [2.45, 2.75) is 84.7 Å². The van der Waals surface area contributed by atoms with E-state index >= 15 is 0 Å². The first-order valence-corrected chi connectivity index (χ1v) is 7.67. The Labute approximate surface area is 108 Å². The van der Waals surface area contributed by atoms with Gasteiger partial charge in [-0.2, -0.15) is 0 Å². The SMILES string of the molecule is CCCC(C)CC1(O)CCCC(CC(C)C)C1. The van der Waals surface area contributed by atoms with E-state index in [0.29, 0.717) is 5.92 Å². The molecule has 3 unspecified atom stereocenters. The van der Waals surface area contributed by atoms with Crippen molar-refractivity contribution in [3.05, 3.63) is 0 Å². The van der Waals surface area contributed by atoms with Crippen molar-refractivity contribution in [1.82, 2.24) is 0 Å². The molecule has 3 atom stereocenters. The Kier molecular flexibility index (Phi) is 5.99. The van der Waals surface area contributed by atoms with Gasteiger partial charge in [-0.1, -0.05) is 53.4 Å². The Morgan fingerprint density at radius 2 is 2.00 bits per heavy atom. The van der Waals surface area contributed by atoms with Gasteiger partial charge in [0.15, 0.2) is 0 Å². The molecular formula is C16H32O. The smallest absolute Gasteiger partial charge is 0.0653 e. The van der Waals surface area contributed by atoms with Crippen molar-refractivity contribution in [3.63, 3.8) is 0 Å². The highest BCUT2D eigenvalue weighted by Crippen LogP contribution is 2.39. The number of hydrogen-bond acceptors (Lipinski definition) is 1. The maximum absolute atomic E-state index is 10.8. The van der Waals surface area contributed by atoms with Crippen LogP contribution in [0.2, 0.25) is 0 Å². The van der Waals surface area contributed by atoms with Crippen molar-refractivity contribution >= 4 is 0 Å². The second-order valence-electron chi connectivity index (χ2n) is 6.91. The van der Waals surface area contributed by atoms with E-state index in [2.05, 4.69) is 27.7 Å². The topological polar surface area (TPSA) is 20.2 Å². The molecule has 1 heteroatoms. The van der Waals surface area contributed by atoms with Gasteiger partial charge in [0.05, 0.1) is 5.60 Å². The van der Waals surface area contributed by atoms with Crippen LogP contribution in [0.1, 0.15) is 79.1 Å². The van der Waals surface area contributed by atoms with Gasteiger partial charge in [-0.05, 0) is 43.4 Å². The summed E-state index contributed by atoms with van der Waals surface area (Å²) in [5, 5.41) is 10.8. The average Bonchev–Trinajstić information content (AvgIpc) is 2.15. The van der Waals surface area contributed by atoms with Gasteiger partial charge in [0.2, 0.25) is 0 Å². The molecule has 0 aromatic rings. The van der Waals surface area contributed by atoms with E-state index < -0.39 is 0 Å². The lowest BCUT2D eigenvalue weighted by atomic mass is 9.71. The first-order valence-electron chi connectivity index (χ1n) is 7.67. The zero-order valence-electron chi connectivity index (χ0n) is 12.3. The largest absolute Gasteiger partial charge is 0.390 e. The number of rotatable bonds is 6. The molecule has 1 aliphatic rings. The standard InChI is InChI=1S/C16H32O/c1-5-7-14(4)11-16(17)9-6-8-15(12-16)10-13(2)3/h13-15,17H,5-12H2,1-4H3. The monoisotopic (exact) mass is 240 g/mol. The molecule has 1 fully saturated rings. The lowest BCUT2D eigenvalue weighted by Gasteiger charge is -2.39. The minimum absolute atomic E-state index is 0.341. The molecule has 0 heterocycles. The van der Waals surface area contributed by atoms with E-state index in [1.165, 1.54) is 32.1 Å². The quantitative estimate of drug-likeness (QED) is 0.708. The predicted molar refractivity (Wildman–Crippen MR) is 75.1 cm³/mol. The van der Waals surface area contributed by atoms with Crippen LogP contribution in [0.15, 0.2) is 0 Å². The molecule has 1 nitrogen and oxygen atoms in total. The fraction of sp³-hybridized carbons (Fsp3) is 1.00. The first-order chi connectivity index (χ1) is 7.95. The second-order valence-corrected chi connectivity index (χ2v) is 6.91. The summed E-state index contributed by atoms with van der Waals surface area (Å²) in [7, 11) is 0. The molecule has 0 spiro atoms. The fourth-order valence-electron chi connectivity index (χ4n) is 3.76. The molecule has 1 rings (SSSR count). The average molecular weight is 240 g/mol. The van der Waals surface area contributed by atoms with E-state index in [0.717, 1.165) is 31.1 Å². The van der Waals surface area contributed by atoms with Crippen molar-refractivity contribution < 1.29 is 5.11 Å². The summed E-state index contributed by atoms with van der Waals surface area (Å²) in [6.07, 6.45) is 9.48. The molecule has 0 bridgehead atoms. The van der Waals surface area contributed by atoms with Gasteiger partial charge >= 0.3 is 0 Å². The Bertz CT molecular complexity index is 212. The lowest BCUT2D eigenvalue weighted by molar-refractivity contribution is -0.0374. The van der Waals surface area contributed by atoms with Gasteiger partial charge in [0.25, 0.3) is 0 Å².